The maximum Gasteiger partial charge on any atom is 0.301 e. The summed E-state index contributed by atoms with van der Waals surface area (Å²) in [7, 11) is 0. The van der Waals surface area contributed by atoms with Gasteiger partial charge in [0.2, 0.25) is 5.91 Å². The summed E-state index contributed by atoms with van der Waals surface area (Å²) >= 11 is 5.51. The number of aromatic nitrogens is 1. The van der Waals surface area contributed by atoms with E-state index in [1.54, 1.807) is 13.8 Å². The highest BCUT2D eigenvalue weighted by Gasteiger charge is 2.13. The van der Waals surface area contributed by atoms with Crippen LogP contribution in [0.5, 0.6) is 0 Å². The fourth-order valence-corrected chi connectivity index (χ4v) is 0.850. The van der Waals surface area contributed by atoms with Gasteiger partial charge in [-0.15, -0.1) is 11.6 Å². The molecule has 5 heteroatoms. The van der Waals surface area contributed by atoms with Gasteiger partial charge in [-0.2, -0.15) is 4.98 Å². The fraction of sp³-hybridized carbons (Fsp3) is 0.500. The molecule has 72 valence electrons. The maximum atomic E-state index is 11.3. The van der Waals surface area contributed by atoms with Crippen molar-refractivity contribution in [3.63, 3.8) is 0 Å². The van der Waals surface area contributed by atoms with Crippen LogP contribution < -0.4 is 5.32 Å². The fourth-order valence-electron chi connectivity index (χ4n) is 0.710. The molecule has 0 aliphatic carbocycles. The lowest BCUT2D eigenvalue weighted by molar-refractivity contribution is -0.118. The number of carbonyl (C=O) groups is 1. The molecule has 1 aromatic heterocycles. The molecule has 0 aliphatic rings. The van der Waals surface area contributed by atoms with Crippen molar-refractivity contribution < 1.29 is 9.21 Å². The minimum atomic E-state index is -0.242. The number of rotatable bonds is 3. The lowest BCUT2D eigenvalue weighted by atomic mass is 10.2. The van der Waals surface area contributed by atoms with Gasteiger partial charge in [-0.1, -0.05) is 6.92 Å². The van der Waals surface area contributed by atoms with E-state index >= 15 is 0 Å². The van der Waals surface area contributed by atoms with Crippen LogP contribution in [0.1, 0.15) is 12.6 Å². The number of oxazole rings is 1. The van der Waals surface area contributed by atoms with Crippen molar-refractivity contribution in [3.8, 4) is 0 Å². The van der Waals surface area contributed by atoms with E-state index in [4.69, 9.17) is 16.0 Å². The Bertz CT molecular complexity index is 298. The number of hydrogen-bond acceptors (Lipinski definition) is 3. The summed E-state index contributed by atoms with van der Waals surface area (Å²) in [6.07, 6.45) is 1.47. The van der Waals surface area contributed by atoms with Gasteiger partial charge in [0.1, 0.15) is 6.26 Å². The highest BCUT2D eigenvalue weighted by molar-refractivity contribution is 6.19. The quantitative estimate of drug-likeness (QED) is 0.761. The molecule has 1 N–H and O–H groups in total. The first-order valence-corrected chi connectivity index (χ1v) is 4.46. The van der Waals surface area contributed by atoms with Gasteiger partial charge in [0.05, 0.1) is 5.69 Å². The van der Waals surface area contributed by atoms with Crippen LogP contribution in [0.4, 0.5) is 6.01 Å². The van der Waals surface area contributed by atoms with E-state index in [1.165, 1.54) is 6.26 Å². The SMILES string of the molecule is Cc1coc(NC(=O)C(C)CCl)n1. The van der Waals surface area contributed by atoms with E-state index in [9.17, 15) is 4.79 Å². The largest absolute Gasteiger partial charge is 0.432 e. The lowest BCUT2D eigenvalue weighted by Crippen LogP contribution is -2.21. The van der Waals surface area contributed by atoms with Crippen molar-refractivity contribution >= 4 is 23.5 Å². The Kier molecular flexibility index (Phi) is 3.31. The van der Waals surface area contributed by atoms with Crippen molar-refractivity contribution in [1.82, 2.24) is 4.98 Å². The third kappa shape index (κ3) is 2.73. The van der Waals surface area contributed by atoms with Gasteiger partial charge in [-0.3, -0.25) is 10.1 Å². The molecule has 13 heavy (non-hydrogen) atoms. The molecule has 1 heterocycles. The molecule has 1 unspecified atom stereocenters. The van der Waals surface area contributed by atoms with Crippen molar-refractivity contribution in [1.29, 1.82) is 0 Å². The summed E-state index contributed by atoms with van der Waals surface area (Å²) in [6, 6.07) is 0.222. The molecule has 1 atom stereocenters. The van der Waals surface area contributed by atoms with Gasteiger partial charge in [0.25, 0.3) is 0 Å². The van der Waals surface area contributed by atoms with Crippen molar-refractivity contribution in [2.24, 2.45) is 5.92 Å². The van der Waals surface area contributed by atoms with Crippen molar-refractivity contribution in [3.05, 3.63) is 12.0 Å². The Morgan fingerprint density at radius 1 is 1.85 bits per heavy atom. The van der Waals surface area contributed by atoms with E-state index in [-0.39, 0.29) is 23.7 Å². The van der Waals surface area contributed by atoms with Crippen LogP contribution in [0.3, 0.4) is 0 Å². The predicted molar refractivity (Wildman–Crippen MR) is 49.8 cm³/mol. The number of aryl methyl sites for hydroxylation is 1. The maximum absolute atomic E-state index is 11.3. The molecular weight excluding hydrogens is 192 g/mol. The molecule has 0 radical (unpaired) electrons. The summed E-state index contributed by atoms with van der Waals surface area (Å²) in [5.41, 5.74) is 0.730. The number of anilines is 1. The number of hydrogen-bond donors (Lipinski definition) is 1. The normalized spacial score (nSPS) is 12.5. The second-order valence-corrected chi connectivity index (χ2v) is 3.15. The monoisotopic (exact) mass is 202 g/mol. The van der Waals surface area contributed by atoms with Crippen molar-refractivity contribution in [2.75, 3.05) is 11.2 Å². The first-order valence-electron chi connectivity index (χ1n) is 3.92. The molecule has 0 saturated carbocycles. The summed E-state index contributed by atoms with van der Waals surface area (Å²) in [4.78, 5) is 15.2. The van der Waals surface area contributed by atoms with Crippen LogP contribution in [-0.4, -0.2) is 16.8 Å². The molecule has 4 nitrogen and oxygen atoms in total. The van der Waals surface area contributed by atoms with E-state index < -0.39 is 0 Å². The van der Waals surface area contributed by atoms with Gasteiger partial charge in [-0.05, 0) is 6.92 Å². The third-order valence-corrected chi connectivity index (χ3v) is 1.99. The van der Waals surface area contributed by atoms with Gasteiger partial charge < -0.3 is 4.42 Å². The standard InChI is InChI=1S/C8H11ClN2O2/c1-5(3-9)7(12)11-8-10-6(2)4-13-8/h4-5H,3H2,1-2H3,(H,10,11,12). The second-order valence-electron chi connectivity index (χ2n) is 2.84. The Labute approximate surface area is 81.3 Å². The summed E-state index contributed by atoms with van der Waals surface area (Å²) in [5, 5.41) is 2.51. The van der Waals surface area contributed by atoms with E-state index in [1.807, 2.05) is 0 Å². The Hall–Kier alpha value is -1.03. The number of nitrogens with zero attached hydrogens (tertiary/aromatic N) is 1. The van der Waals surface area contributed by atoms with Gasteiger partial charge in [0.15, 0.2) is 0 Å². The van der Waals surface area contributed by atoms with Gasteiger partial charge in [-0.25, -0.2) is 0 Å². The Morgan fingerprint density at radius 2 is 2.54 bits per heavy atom. The van der Waals surface area contributed by atoms with Gasteiger partial charge in [0, 0.05) is 11.8 Å². The first kappa shape index (κ1) is 10.1. The predicted octanol–water partition coefficient (Wildman–Crippen LogP) is 1.80. The molecule has 0 fully saturated rings. The molecule has 1 amide bonds. The van der Waals surface area contributed by atoms with Gasteiger partial charge >= 0.3 is 6.01 Å². The van der Waals surface area contributed by atoms with E-state index in [0.29, 0.717) is 0 Å². The lowest BCUT2D eigenvalue weighted by Gasteiger charge is -2.04. The van der Waals surface area contributed by atoms with E-state index in [2.05, 4.69) is 10.3 Å². The Balaban J connectivity index is 2.54. The second kappa shape index (κ2) is 4.28. The van der Waals surface area contributed by atoms with Crippen LogP contribution in [-0.2, 0) is 4.79 Å². The summed E-state index contributed by atoms with van der Waals surface area (Å²) < 4.78 is 4.94. The molecule has 0 bridgehead atoms. The Morgan fingerprint density at radius 3 is 3.00 bits per heavy atom. The number of alkyl halides is 1. The topological polar surface area (TPSA) is 55.1 Å². The minimum Gasteiger partial charge on any atom is -0.432 e. The molecule has 0 spiro atoms. The molecule has 0 saturated heterocycles. The molecule has 0 aromatic carbocycles. The van der Waals surface area contributed by atoms with Crippen LogP contribution >= 0.6 is 11.6 Å². The summed E-state index contributed by atoms with van der Waals surface area (Å²) in [6.45, 7) is 3.52. The number of halogens is 1. The molecule has 1 rings (SSSR count). The number of carbonyl (C=O) groups excluding carboxylic acids is 1. The first-order chi connectivity index (χ1) is 6.13. The zero-order valence-corrected chi connectivity index (χ0v) is 8.26. The average molecular weight is 203 g/mol. The van der Waals surface area contributed by atoms with Crippen LogP contribution in [0.15, 0.2) is 10.7 Å². The highest BCUT2D eigenvalue weighted by atomic mass is 35.5. The zero-order valence-electron chi connectivity index (χ0n) is 7.50. The number of amides is 1. The third-order valence-electron chi connectivity index (χ3n) is 1.53. The zero-order chi connectivity index (χ0) is 9.84. The van der Waals surface area contributed by atoms with E-state index in [0.717, 1.165) is 5.69 Å². The van der Waals surface area contributed by atoms with Crippen LogP contribution in [0, 0.1) is 12.8 Å². The molecule has 0 aliphatic heterocycles. The molecule has 1 aromatic rings. The van der Waals surface area contributed by atoms with Crippen LogP contribution in [0.2, 0.25) is 0 Å². The van der Waals surface area contributed by atoms with Crippen molar-refractivity contribution in [2.45, 2.75) is 13.8 Å². The highest BCUT2D eigenvalue weighted by Crippen LogP contribution is 2.08. The smallest absolute Gasteiger partial charge is 0.301 e. The number of nitrogens with one attached hydrogen (secondary N) is 1. The average Bonchev–Trinajstić information content (AvgIpc) is 2.49. The summed E-state index contributed by atoms with van der Waals surface area (Å²) in [5.74, 6) is -0.142. The minimum absolute atomic E-state index is 0.183. The van der Waals surface area contributed by atoms with Crippen LogP contribution in [0.25, 0.3) is 0 Å². The molecular formula is C8H11ClN2O2.